The first-order valence-corrected chi connectivity index (χ1v) is 16.1. The molecule has 3 aromatic heterocycles. The molecule has 10 heteroatoms. The number of hydrogen-bond acceptors (Lipinski definition) is 7. The number of hydrogen-bond donors (Lipinski definition) is 1. The number of nitrogens with zero attached hydrogens (tertiary/aromatic N) is 5. The molecule has 0 aliphatic rings. The van der Waals surface area contributed by atoms with Gasteiger partial charge in [0.25, 0.3) is 0 Å². The van der Waals surface area contributed by atoms with Crippen molar-refractivity contribution in [2.24, 2.45) is 0 Å². The van der Waals surface area contributed by atoms with Crippen molar-refractivity contribution < 1.29 is 14.7 Å². The van der Waals surface area contributed by atoms with Crippen LogP contribution in [-0.2, 0) is 6.61 Å². The molecule has 46 heavy (non-hydrogen) atoms. The monoisotopic (exact) mass is 647 g/mol. The summed E-state index contributed by atoms with van der Waals surface area (Å²) in [7, 11) is 0. The maximum atomic E-state index is 12.8. The first kappa shape index (κ1) is 31.0. The number of para-hydroxylation sites is 1. The van der Waals surface area contributed by atoms with Crippen LogP contribution in [0, 0.1) is 11.8 Å². The molecule has 3 heterocycles. The molecule has 0 fully saturated rings. The predicted octanol–water partition coefficient (Wildman–Crippen LogP) is 8.22. The van der Waals surface area contributed by atoms with Gasteiger partial charge in [-0.3, -0.25) is 10.0 Å². The SMILES string of the molecule is CCCCC(C#Cc1cc(-c2ccc(Cl)cc2)n(-c2ccc(OCc3ccc4ccccc4n3)cc2)n1)N(O)C(=O)c1nccs1. The quantitative estimate of drug-likeness (QED) is 0.0915. The van der Waals surface area contributed by atoms with E-state index in [1.165, 1.54) is 17.5 Å². The van der Waals surface area contributed by atoms with Gasteiger partial charge in [0, 0.05) is 33.6 Å². The molecule has 6 rings (SSSR count). The van der Waals surface area contributed by atoms with Crippen molar-refractivity contribution in [3.05, 3.63) is 124 Å². The van der Waals surface area contributed by atoms with Crippen LogP contribution in [0.5, 0.6) is 5.75 Å². The fraction of sp³-hybridized carbons (Fsp3) is 0.167. The zero-order chi connectivity index (χ0) is 31.9. The van der Waals surface area contributed by atoms with E-state index in [9.17, 15) is 10.0 Å². The van der Waals surface area contributed by atoms with Crippen molar-refractivity contribution in [2.75, 3.05) is 0 Å². The Balaban J connectivity index is 1.26. The topological polar surface area (TPSA) is 93.4 Å². The number of unbranched alkanes of at least 4 members (excludes halogenated alkanes) is 1. The molecule has 0 bridgehead atoms. The minimum atomic E-state index is -0.714. The van der Waals surface area contributed by atoms with Crippen molar-refractivity contribution in [1.82, 2.24) is 24.8 Å². The zero-order valence-electron chi connectivity index (χ0n) is 25.0. The second kappa shape index (κ2) is 14.4. The van der Waals surface area contributed by atoms with Crippen LogP contribution < -0.4 is 4.74 Å². The van der Waals surface area contributed by atoms with E-state index in [-0.39, 0.29) is 5.01 Å². The van der Waals surface area contributed by atoms with Crippen molar-refractivity contribution in [2.45, 2.75) is 38.8 Å². The molecule has 1 N–H and O–H groups in total. The summed E-state index contributed by atoms with van der Waals surface area (Å²) in [5.74, 6) is 6.30. The molecule has 3 aromatic carbocycles. The molecule has 1 atom stereocenters. The third-order valence-corrected chi connectivity index (χ3v) is 8.30. The van der Waals surface area contributed by atoms with Gasteiger partial charge in [0.1, 0.15) is 24.1 Å². The molecule has 0 spiro atoms. The van der Waals surface area contributed by atoms with E-state index in [1.54, 1.807) is 10.1 Å². The lowest BCUT2D eigenvalue weighted by Gasteiger charge is -2.20. The summed E-state index contributed by atoms with van der Waals surface area (Å²) < 4.78 is 7.85. The fourth-order valence-electron chi connectivity index (χ4n) is 4.87. The Labute approximate surface area is 275 Å². The number of pyridine rings is 1. The van der Waals surface area contributed by atoms with E-state index in [4.69, 9.17) is 21.4 Å². The van der Waals surface area contributed by atoms with Gasteiger partial charge in [0.05, 0.1) is 22.6 Å². The van der Waals surface area contributed by atoms with Gasteiger partial charge in [0.2, 0.25) is 0 Å². The number of halogens is 1. The molecule has 0 aliphatic carbocycles. The Morgan fingerprint density at radius 3 is 2.63 bits per heavy atom. The van der Waals surface area contributed by atoms with Crippen molar-refractivity contribution in [3.63, 3.8) is 0 Å². The highest BCUT2D eigenvalue weighted by Crippen LogP contribution is 2.27. The minimum absolute atomic E-state index is 0.209. The molecule has 0 aliphatic heterocycles. The van der Waals surface area contributed by atoms with E-state index in [2.05, 4.69) is 21.8 Å². The van der Waals surface area contributed by atoms with E-state index < -0.39 is 11.9 Å². The second-order valence-electron chi connectivity index (χ2n) is 10.5. The summed E-state index contributed by atoms with van der Waals surface area (Å²) in [5.41, 5.74) is 4.78. The average molecular weight is 648 g/mol. The van der Waals surface area contributed by atoms with Crippen LogP contribution in [0.25, 0.3) is 27.8 Å². The molecular weight excluding hydrogens is 618 g/mol. The molecule has 6 aromatic rings. The van der Waals surface area contributed by atoms with E-state index >= 15 is 0 Å². The van der Waals surface area contributed by atoms with Crippen LogP contribution >= 0.6 is 22.9 Å². The molecule has 8 nitrogen and oxygen atoms in total. The molecule has 0 saturated heterocycles. The predicted molar refractivity (Wildman–Crippen MR) is 180 cm³/mol. The highest BCUT2D eigenvalue weighted by Gasteiger charge is 2.23. The van der Waals surface area contributed by atoms with Crippen LogP contribution in [0.1, 0.15) is 47.4 Å². The highest BCUT2D eigenvalue weighted by molar-refractivity contribution is 7.11. The zero-order valence-corrected chi connectivity index (χ0v) is 26.6. The lowest BCUT2D eigenvalue weighted by molar-refractivity contribution is -0.0763. The molecule has 230 valence electrons. The number of carbonyl (C=O) groups is 1. The summed E-state index contributed by atoms with van der Waals surface area (Å²) >= 11 is 7.35. The number of amides is 1. The number of thiazole rings is 1. The molecule has 0 saturated carbocycles. The van der Waals surface area contributed by atoms with Crippen LogP contribution in [0.2, 0.25) is 5.02 Å². The maximum Gasteiger partial charge on any atom is 0.307 e. The Kier molecular flexibility index (Phi) is 9.70. The number of benzene rings is 3. The number of carbonyl (C=O) groups excluding carboxylic acids is 1. The summed E-state index contributed by atoms with van der Waals surface area (Å²) in [6.45, 7) is 2.39. The first-order valence-electron chi connectivity index (χ1n) is 14.9. The van der Waals surface area contributed by atoms with Crippen LogP contribution in [0.3, 0.4) is 0 Å². The molecule has 0 radical (unpaired) electrons. The fourth-order valence-corrected chi connectivity index (χ4v) is 5.57. The highest BCUT2D eigenvalue weighted by atomic mass is 35.5. The number of ether oxygens (including phenoxy) is 1. The maximum absolute atomic E-state index is 12.8. The first-order chi connectivity index (χ1) is 22.5. The molecular formula is C36H30ClN5O3S. The lowest BCUT2D eigenvalue weighted by atomic mass is 10.1. The summed E-state index contributed by atoms with van der Waals surface area (Å²) in [6, 6.07) is 28.3. The number of aromatic nitrogens is 4. The largest absolute Gasteiger partial charge is 0.487 e. The Morgan fingerprint density at radius 2 is 1.87 bits per heavy atom. The molecule has 1 unspecified atom stereocenters. The van der Waals surface area contributed by atoms with Gasteiger partial charge in [-0.05, 0) is 60.9 Å². The van der Waals surface area contributed by atoms with Gasteiger partial charge in [0.15, 0.2) is 5.01 Å². The van der Waals surface area contributed by atoms with E-state index in [1.807, 2.05) is 97.9 Å². The van der Waals surface area contributed by atoms with Crippen molar-refractivity contribution in [1.29, 1.82) is 0 Å². The molecule has 1 amide bonds. The van der Waals surface area contributed by atoms with Gasteiger partial charge >= 0.3 is 5.91 Å². The minimum Gasteiger partial charge on any atom is -0.487 e. The van der Waals surface area contributed by atoms with Gasteiger partial charge in [-0.25, -0.2) is 19.7 Å². The Morgan fingerprint density at radius 1 is 1.07 bits per heavy atom. The van der Waals surface area contributed by atoms with Crippen LogP contribution in [0.15, 0.2) is 103 Å². The standard InChI is InChI=1S/C36H30ClN5O3S/c1-2-3-7-31(42(44)36(43)35-38-21-22-46-35)16-15-28-23-34(26-9-12-27(37)13-10-26)41(40-28)30-17-19-32(20-18-30)45-24-29-14-11-25-6-4-5-8-33(25)39-29/h4-6,8-14,17-23,31,44H,2-3,7,24H2,1H3. The Bertz CT molecular complexity index is 2000. The number of hydroxylamine groups is 2. The average Bonchev–Trinajstić information content (AvgIpc) is 3.79. The summed E-state index contributed by atoms with van der Waals surface area (Å²) in [6.07, 6.45) is 3.73. The third-order valence-electron chi connectivity index (χ3n) is 7.29. The second-order valence-corrected chi connectivity index (χ2v) is 11.9. The van der Waals surface area contributed by atoms with Crippen molar-refractivity contribution in [3.8, 4) is 34.5 Å². The number of rotatable bonds is 10. The van der Waals surface area contributed by atoms with Gasteiger partial charge in [-0.15, -0.1) is 11.3 Å². The van der Waals surface area contributed by atoms with E-state index in [0.717, 1.165) is 46.4 Å². The van der Waals surface area contributed by atoms with Crippen molar-refractivity contribution >= 4 is 39.7 Å². The normalized spacial score (nSPS) is 11.5. The lowest BCUT2D eigenvalue weighted by Crippen LogP contribution is -2.36. The summed E-state index contributed by atoms with van der Waals surface area (Å²) in [4.78, 5) is 21.5. The van der Waals surface area contributed by atoms with Crippen LogP contribution in [-0.4, -0.2) is 42.0 Å². The van der Waals surface area contributed by atoms with Gasteiger partial charge in [-0.1, -0.05) is 73.7 Å². The smallest absolute Gasteiger partial charge is 0.307 e. The third kappa shape index (κ3) is 7.27. The Hall–Kier alpha value is -5.01. The number of fused-ring (bicyclic) bond motifs is 1. The van der Waals surface area contributed by atoms with E-state index in [0.29, 0.717) is 34.6 Å². The van der Waals surface area contributed by atoms with Gasteiger partial charge in [-0.2, -0.15) is 5.10 Å². The van der Waals surface area contributed by atoms with Crippen LogP contribution in [0.4, 0.5) is 0 Å². The summed E-state index contributed by atoms with van der Waals surface area (Å²) in [5, 5.41) is 19.9. The van der Waals surface area contributed by atoms with Gasteiger partial charge < -0.3 is 4.74 Å².